The Morgan fingerprint density at radius 2 is 1.60 bits per heavy atom. The number of nitrogens with zero attached hydrogens (tertiary/aromatic N) is 1. The second-order valence-corrected chi connectivity index (χ2v) is 5.97. The lowest BCUT2D eigenvalue weighted by Gasteiger charge is -2.07. The Morgan fingerprint density at radius 1 is 1.04 bits per heavy atom. The number of aryl methyl sites for hydroxylation is 3. The summed E-state index contributed by atoms with van der Waals surface area (Å²) < 4.78 is 18.0. The SMILES string of the molecule is CC(=O)c1noc(C)c1Nc1ccc(CCc2ccc(F)cc2)cc1. The van der Waals surface area contributed by atoms with Gasteiger partial charge in [0.1, 0.15) is 11.5 Å². The Hall–Kier alpha value is -2.95. The fourth-order valence-corrected chi connectivity index (χ4v) is 2.60. The molecule has 0 aliphatic rings. The van der Waals surface area contributed by atoms with Crippen LogP contribution in [-0.2, 0) is 12.8 Å². The number of anilines is 2. The third kappa shape index (κ3) is 4.12. The smallest absolute Gasteiger partial charge is 0.183 e. The van der Waals surface area contributed by atoms with E-state index in [0.717, 1.165) is 24.1 Å². The fraction of sp³-hybridized carbons (Fsp3) is 0.200. The highest BCUT2D eigenvalue weighted by Crippen LogP contribution is 2.25. The summed E-state index contributed by atoms with van der Waals surface area (Å²) in [5.74, 6) is 0.217. The number of hydrogen-bond acceptors (Lipinski definition) is 4. The molecule has 0 saturated carbocycles. The van der Waals surface area contributed by atoms with Crippen LogP contribution in [0, 0.1) is 12.7 Å². The van der Waals surface area contributed by atoms with Crippen molar-refractivity contribution >= 4 is 17.2 Å². The molecular formula is C20H19FN2O2. The van der Waals surface area contributed by atoms with E-state index in [2.05, 4.69) is 10.5 Å². The van der Waals surface area contributed by atoms with E-state index in [4.69, 9.17) is 4.52 Å². The summed E-state index contributed by atoms with van der Waals surface area (Å²) in [6, 6.07) is 14.6. The number of Topliss-reactive ketones (excluding diaryl/α,β-unsaturated/α-hetero) is 1. The van der Waals surface area contributed by atoms with Crippen LogP contribution in [-0.4, -0.2) is 10.9 Å². The van der Waals surface area contributed by atoms with E-state index < -0.39 is 0 Å². The molecule has 0 fully saturated rings. The first-order valence-electron chi connectivity index (χ1n) is 8.10. The molecular weight excluding hydrogens is 319 g/mol. The van der Waals surface area contributed by atoms with Gasteiger partial charge < -0.3 is 9.84 Å². The van der Waals surface area contributed by atoms with Crippen molar-refractivity contribution in [2.75, 3.05) is 5.32 Å². The third-order valence-electron chi connectivity index (χ3n) is 4.04. The van der Waals surface area contributed by atoms with Gasteiger partial charge in [-0.05, 0) is 55.2 Å². The maximum atomic E-state index is 12.9. The Bertz CT molecular complexity index is 868. The standard InChI is InChI=1S/C20H19FN2O2/c1-13(24)19-20(14(2)25-23-19)22-18-11-7-16(8-12-18)4-3-15-5-9-17(21)10-6-15/h5-12,22H,3-4H2,1-2H3. The van der Waals surface area contributed by atoms with Crippen LogP contribution in [0.4, 0.5) is 15.8 Å². The first kappa shape index (κ1) is 16.9. The number of carbonyl (C=O) groups is 1. The van der Waals surface area contributed by atoms with E-state index in [9.17, 15) is 9.18 Å². The number of hydrogen-bond donors (Lipinski definition) is 1. The van der Waals surface area contributed by atoms with Gasteiger partial charge in [-0.25, -0.2) is 4.39 Å². The summed E-state index contributed by atoms with van der Waals surface area (Å²) in [5, 5.41) is 6.98. The van der Waals surface area contributed by atoms with Crippen LogP contribution >= 0.6 is 0 Å². The van der Waals surface area contributed by atoms with Gasteiger partial charge in [-0.1, -0.05) is 29.4 Å². The molecule has 4 nitrogen and oxygen atoms in total. The van der Waals surface area contributed by atoms with Crippen LogP contribution in [0.3, 0.4) is 0 Å². The predicted octanol–water partition coefficient (Wildman–Crippen LogP) is 4.85. The van der Waals surface area contributed by atoms with E-state index in [1.54, 1.807) is 6.92 Å². The summed E-state index contributed by atoms with van der Waals surface area (Å²) in [7, 11) is 0. The highest BCUT2D eigenvalue weighted by atomic mass is 19.1. The van der Waals surface area contributed by atoms with Crippen molar-refractivity contribution in [2.45, 2.75) is 26.7 Å². The van der Waals surface area contributed by atoms with Crippen LogP contribution in [0.25, 0.3) is 0 Å². The van der Waals surface area contributed by atoms with E-state index >= 15 is 0 Å². The summed E-state index contributed by atoms with van der Waals surface area (Å²) in [4.78, 5) is 11.6. The molecule has 25 heavy (non-hydrogen) atoms. The van der Waals surface area contributed by atoms with Crippen LogP contribution in [0.2, 0.25) is 0 Å². The minimum atomic E-state index is -0.215. The maximum Gasteiger partial charge on any atom is 0.183 e. The van der Waals surface area contributed by atoms with Crippen LogP contribution in [0.5, 0.6) is 0 Å². The molecule has 0 unspecified atom stereocenters. The Morgan fingerprint density at radius 3 is 2.16 bits per heavy atom. The third-order valence-corrected chi connectivity index (χ3v) is 4.04. The second-order valence-electron chi connectivity index (χ2n) is 5.97. The predicted molar refractivity (Wildman–Crippen MR) is 94.8 cm³/mol. The zero-order chi connectivity index (χ0) is 17.8. The molecule has 0 saturated heterocycles. The van der Waals surface area contributed by atoms with E-state index in [1.807, 2.05) is 36.4 Å². The highest BCUT2D eigenvalue weighted by molar-refractivity contribution is 5.98. The maximum absolute atomic E-state index is 12.9. The van der Waals surface area contributed by atoms with E-state index in [-0.39, 0.29) is 11.6 Å². The molecule has 0 aliphatic carbocycles. The molecule has 1 N–H and O–H groups in total. The van der Waals surface area contributed by atoms with Crippen LogP contribution in [0.1, 0.15) is 34.3 Å². The molecule has 0 aliphatic heterocycles. The van der Waals surface area contributed by atoms with E-state index in [0.29, 0.717) is 17.1 Å². The van der Waals surface area contributed by atoms with Crippen molar-refractivity contribution in [3.05, 3.63) is 76.9 Å². The molecule has 0 amide bonds. The average molecular weight is 338 g/mol. The normalized spacial score (nSPS) is 10.7. The van der Waals surface area contributed by atoms with Gasteiger partial charge in [0.2, 0.25) is 0 Å². The van der Waals surface area contributed by atoms with Gasteiger partial charge in [-0.2, -0.15) is 0 Å². The average Bonchev–Trinajstić information content (AvgIpc) is 2.97. The fourth-order valence-electron chi connectivity index (χ4n) is 2.60. The van der Waals surface area contributed by atoms with Gasteiger partial charge in [0.15, 0.2) is 17.2 Å². The Labute approximate surface area is 145 Å². The summed E-state index contributed by atoms with van der Waals surface area (Å²) in [6.45, 7) is 3.22. The lowest BCUT2D eigenvalue weighted by Crippen LogP contribution is -2.00. The number of ketones is 1. The van der Waals surface area contributed by atoms with Crippen molar-refractivity contribution < 1.29 is 13.7 Å². The Kier molecular flexibility index (Phi) is 4.93. The minimum Gasteiger partial charge on any atom is -0.359 e. The lowest BCUT2D eigenvalue weighted by molar-refractivity contribution is 0.101. The molecule has 0 spiro atoms. The van der Waals surface area contributed by atoms with Crippen molar-refractivity contribution in [1.82, 2.24) is 5.16 Å². The number of rotatable bonds is 6. The summed E-state index contributed by atoms with van der Waals surface area (Å²) >= 11 is 0. The molecule has 5 heteroatoms. The lowest BCUT2D eigenvalue weighted by atomic mass is 10.0. The van der Waals surface area contributed by atoms with Crippen molar-refractivity contribution in [3.63, 3.8) is 0 Å². The van der Waals surface area contributed by atoms with Gasteiger partial charge >= 0.3 is 0 Å². The number of halogens is 1. The number of carbonyl (C=O) groups excluding carboxylic acids is 1. The van der Waals surface area contributed by atoms with Crippen LogP contribution < -0.4 is 5.32 Å². The Balaban J connectivity index is 1.65. The first-order chi connectivity index (χ1) is 12.0. The van der Waals surface area contributed by atoms with Gasteiger partial charge in [-0.15, -0.1) is 0 Å². The molecule has 3 aromatic rings. The zero-order valence-electron chi connectivity index (χ0n) is 14.2. The molecule has 1 heterocycles. The molecule has 0 atom stereocenters. The van der Waals surface area contributed by atoms with Gasteiger partial charge in [0.05, 0.1) is 0 Å². The molecule has 0 radical (unpaired) electrons. The molecule has 1 aromatic heterocycles. The van der Waals surface area contributed by atoms with E-state index in [1.165, 1.54) is 24.6 Å². The van der Waals surface area contributed by atoms with Crippen molar-refractivity contribution in [1.29, 1.82) is 0 Å². The van der Waals surface area contributed by atoms with Gasteiger partial charge in [0.25, 0.3) is 0 Å². The molecule has 128 valence electrons. The molecule has 0 bridgehead atoms. The first-order valence-corrected chi connectivity index (χ1v) is 8.10. The van der Waals surface area contributed by atoms with Crippen LogP contribution in [0.15, 0.2) is 53.1 Å². The number of aromatic nitrogens is 1. The summed E-state index contributed by atoms with van der Waals surface area (Å²) in [6.07, 6.45) is 1.73. The van der Waals surface area contributed by atoms with Crippen molar-refractivity contribution in [2.24, 2.45) is 0 Å². The largest absolute Gasteiger partial charge is 0.359 e. The molecule has 3 rings (SSSR count). The zero-order valence-corrected chi connectivity index (χ0v) is 14.2. The van der Waals surface area contributed by atoms with Gasteiger partial charge in [-0.3, -0.25) is 4.79 Å². The monoisotopic (exact) mass is 338 g/mol. The molecule has 2 aromatic carbocycles. The topological polar surface area (TPSA) is 55.1 Å². The van der Waals surface area contributed by atoms with Crippen molar-refractivity contribution in [3.8, 4) is 0 Å². The summed E-state index contributed by atoms with van der Waals surface area (Å²) in [5.41, 5.74) is 4.06. The highest BCUT2D eigenvalue weighted by Gasteiger charge is 2.16. The van der Waals surface area contributed by atoms with Gasteiger partial charge in [0, 0.05) is 12.6 Å². The quantitative estimate of drug-likeness (QED) is 0.653. The minimum absolute atomic E-state index is 0.143. The number of nitrogens with one attached hydrogen (secondary N) is 1. The second kappa shape index (κ2) is 7.30. The number of benzene rings is 2.